The van der Waals surface area contributed by atoms with Gasteiger partial charge in [0, 0.05) is 6.07 Å². The van der Waals surface area contributed by atoms with Gasteiger partial charge in [0.15, 0.2) is 5.58 Å². The van der Waals surface area contributed by atoms with E-state index in [1.165, 1.54) is 0 Å². The molecule has 0 aliphatic heterocycles. The molecule has 0 amide bonds. The zero-order chi connectivity index (χ0) is 16.8. The second kappa shape index (κ2) is 5.36. The maximum atomic E-state index is 13.6. The summed E-state index contributed by atoms with van der Waals surface area (Å²) < 4.78 is 58.4. The van der Waals surface area contributed by atoms with E-state index in [2.05, 4.69) is 4.98 Å². The number of rotatable bonds is 3. The van der Waals surface area contributed by atoms with Crippen LogP contribution in [0.25, 0.3) is 11.1 Å². The van der Waals surface area contributed by atoms with E-state index in [0.29, 0.717) is 0 Å². The number of aromatic amines is 1. The zero-order valence-electron chi connectivity index (χ0n) is 11.1. The van der Waals surface area contributed by atoms with Gasteiger partial charge in [-0.1, -0.05) is 17.7 Å². The molecule has 0 bridgehead atoms. The lowest BCUT2D eigenvalue weighted by atomic mass is 10.3. The van der Waals surface area contributed by atoms with Crippen molar-refractivity contribution in [2.75, 3.05) is 4.72 Å². The van der Waals surface area contributed by atoms with Gasteiger partial charge < -0.3 is 4.42 Å². The van der Waals surface area contributed by atoms with Crippen molar-refractivity contribution in [1.82, 2.24) is 4.98 Å². The Labute approximate surface area is 132 Å². The van der Waals surface area contributed by atoms with E-state index < -0.39 is 38.0 Å². The van der Waals surface area contributed by atoms with Crippen LogP contribution in [-0.4, -0.2) is 13.4 Å². The first-order valence-electron chi connectivity index (χ1n) is 6.07. The summed E-state index contributed by atoms with van der Waals surface area (Å²) in [7, 11) is -4.41. The van der Waals surface area contributed by atoms with Crippen LogP contribution in [0.15, 0.2) is 44.4 Å². The molecule has 3 rings (SSSR count). The van der Waals surface area contributed by atoms with Crippen molar-refractivity contribution in [3.63, 3.8) is 0 Å². The maximum absolute atomic E-state index is 13.6. The molecule has 23 heavy (non-hydrogen) atoms. The van der Waals surface area contributed by atoms with Gasteiger partial charge in [-0.15, -0.1) is 0 Å². The Bertz CT molecular complexity index is 1060. The number of benzene rings is 2. The van der Waals surface area contributed by atoms with E-state index in [1.54, 1.807) is 4.72 Å². The minimum atomic E-state index is -4.41. The van der Waals surface area contributed by atoms with Crippen LogP contribution in [-0.2, 0) is 10.0 Å². The number of hydrogen-bond acceptors (Lipinski definition) is 4. The quantitative estimate of drug-likeness (QED) is 0.751. The first kappa shape index (κ1) is 15.5. The Morgan fingerprint density at radius 1 is 1.17 bits per heavy atom. The molecule has 1 aromatic heterocycles. The zero-order valence-corrected chi connectivity index (χ0v) is 12.6. The molecule has 120 valence electrons. The maximum Gasteiger partial charge on any atom is 0.417 e. The third-order valence-electron chi connectivity index (χ3n) is 2.96. The Morgan fingerprint density at radius 2 is 1.83 bits per heavy atom. The van der Waals surface area contributed by atoms with Gasteiger partial charge in [0.25, 0.3) is 10.0 Å². The lowest BCUT2D eigenvalue weighted by molar-refractivity contribution is 0.554. The average Bonchev–Trinajstić information content (AvgIpc) is 2.81. The summed E-state index contributed by atoms with van der Waals surface area (Å²) in [5.74, 6) is -2.96. The normalized spacial score (nSPS) is 11.8. The number of fused-ring (bicyclic) bond motifs is 1. The van der Waals surface area contributed by atoms with Crippen molar-refractivity contribution in [3.8, 4) is 0 Å². The molecular formula is C13H7ClF2N2O4S. The molecule has 0 radical (unpaired) electrons. The van der Waals surface area contributed by atoms with Crippen LogP contribution < -0.4 is 10.5 Å². The molecule has 2 N–H and O–H groups in total. The molecule has 0 unspecified atom stereocenters. The minimum absolute atomic E-state index is 0.0613. The van der Waals surface area contributed by atoms with Crippen molar-refractivity contribution < 1.29 is 21.6 Å². The number of halogens is 3. The first-order valence-corrected chi connectivity index (χ1v) is 7.93. The second-order valence-corrected chi connectivity index (χ2v) is 6.55. The van der Waals surface area contributed by atoms with E-state index in [1.807, 2.05) is 0 Å². The SMILES string of the molecule is O=c1[nH]c2cc(Cl)c(S(=O)(=O)Nc3c(F)cccc3F)cc2o1. The fraction of sp³-hybridized carbons (Fsp3) is 0. The molecule has 0 aliphatic carbocycles. The van der Waals surface area contributed by atoms with E-state index in [4.69, 9.17) is 16.0 Å². The fourth-order valence-electron chi connectivity index (χ4n) is 1.94. The summed E-state index contributed by atoms with van der Waals surface area (Å²) in [5.41, 5.74) is -0.705. The Kier molecular flexibility index (Phi) is 3.61. The molecule has 0 saturated heterocycles. The van der Waals surface area contributed by atoms with Crippen molar-refractivity contribution >= 4 is 38.4 Å². The third-order valence-corrected chi connectivity index (χ3v) is 4.78. The largest absolute Gasteiger partial charge is 0.417 e. The summed E-state index contributed by atoms with van der Waals surface area (Å²) in [6.45, 7) is 0. The second-order valence-electron chi connectivity index (χ2n) is 4.50. The number of anilines is 1. The third kappa shape index (κ3) is 2.80. The molecule has 0 atom stereocenters. The summed E-state index contributed by atoms with van der Waals surface area (Å²) in [5, 5.41) is -0.251. The average molecular weight is 361 g/mol. The lowest BCUT2D eigenvalue weighted by Gasteiger charge is -2.10. The predicted octanol–water partition coefficient (Wildman–Crippen LogP) is 2.85. The standard InChI is InChI=1S/C13H7ClF2N2O4S/c14-6-4-9-10(22-13(19)17-9)5-11(6)23(20,21)18-12-7(15)2-1-3-8(12)16/h1-5,18H,(H,17,19). The Morgan fingerprint density at radius 3 is 2.48 bits per heavy atom. The van der Waals surface area contributed by atoms with E-state index in [0.717, 1.165) is 30.3 Å². The first-order chi connectivity index (χ1) is 10.8. The van der Waals surface area contributed by atoms with Gasteiger partial charge in [-0.05, 0) is 18.2 Å². The molecule has 2 aromatic carbocycles. The number of hydrogen-bond donors (Lipinski definition) is 2. The minimum Gasteiger partial charge on any atom is -0.408 e. The van der Waals surface area contributed by atoms with Crippen LogP contribution in [0.2, 0.25) is 5.02 Å². The lowest BCUT2D eigenvalue weighted by Crippen LogP contribution is -2.15. The molecule has 0 saturated carbocycles. The van der Waals surface area contributed by atoms with Crippen LogP contribution in [0.1, 0.15) is 0 Å². The van der Waals surface area contributed by atoms with Crippen LogP contribution >= 0.6 is 11.6 Å². The number of oxazole rings is 1. The number of aromatic nitrogens is 1. The number of H-pyrrole nitrogens is 1. The summed E-state index contributed by atoms with van der Waals surface area (Å²) in [6, 6.07) is 5.04. The van der Waals surface area contributed by atoms with Crippen molar-refractivity contribution in [2.24, 2.45) is 0 Å². The summed E-state index contributed by atoms with van der Waals surface area (Å²) in [6.07, 6.45) is 0. The molecule has 6 nitrogen and oxygen atoms in total. The highest BCUT2D eigenvalue weighted by atomic mass is 35.5. The van der Waals surface area contributed by atoms with Crippen LogP contribution in [0, 0.1) is 11.6 Å². The molecule has 3 aromatic rings. The van der Waals surface area contributed by atoms with Crippen molar-refractivity contribution in [2.45, 2.75) is 4.90 Å². The monoisotopic (exact) mass is 360 g/mol. The van der Waals surface area contributed by atoms with Crippen LogP contribution in [0.3, 0.4) is 0 Å². The highest BCUT2D eigenvalue weighted by molar-refractivity contribution is 7.92. The molecule has 1 heterocycles. The smallest absolute Gasteiger partial charge is 0.408 e. The summed E-state index contributed by atoms with van der Waals surface area (Å²) >= 11 is 5.87. The fourth-order valence-corrected chi connectivity index (χ4v) is 3.56. The van der Waals surface area contributed by atoms with Gasteiger partial charge in [0.05, 0.1) is 10.5 Å². The van der Waals surface area contributed by atoms with Gasteiger partial charge in [-0.25, -0.2) is 22.0 Å². The molecule has 0 spiro atoms. The molecule has 10 heteroatoms. The number of sulfonamides is 1. The van der Waals surface area contributed by atoms with Crippen molar-refractivity contribution in [1.29, 1.82) is 0 Å². The highest BCUT2D eigenvalue weighted by Gasteiger charge is 2.23. The molecule has 0 aliphatic rings. The van der Waals surface area contributed by atoms with E-state index in [9.17, 15) is 22.0 Å². The van der Waals surface area contributed by atoms with Gasteiger partial charge in [-0.2, -0.15) is 0 Å². The van der Waals surface area contributed by atoms with Gasteiger partial charge >= 0.3 is 5.76 Å². The Hall–Kier alpha value is -2.39. The molecular weight excluding hydrogens is 354 g/mol. The number of nitrogens with one attached hydrogen (secondary N) is 2. The number of para-hydroxylation sites is 1. The Balaban J connectivity index is 2.13. The summed E-state index contributed by atoms with van der Waals surface area (Å²) in [4.78, 5) is 12.9. The predicted molar refractivity (Wildman–Crippen MR) is 79.0 cm³/mol. The van der Waals surface area contributed by atoms with Crippen LogP contribution in [0.4, 0.5) is 14.5 Å². The molecule has 0 fully saturated rings. The van der Waals surface area contributed by atoms with Crippen LogP contribution in [0.5, 0.6) is 0 Å². The van der Waals surface area contributed by atoms with Gasteiger partial charge in [0.2, 0.25) is 0 Å². The topological polar surface area (TPSA) is 92.2 Å². The van der Waals surface area contributed by atoms with E-state index in [-0.39, 0.29) is 16.1 Å². The van der Waals surface area contributed by atoms with Crippen molar-refractivity contribution in [3.05, 3.63) is 57.5 Å². The van der Waals surface area contributed by atoms with Gasteiger partial charge in [-0.3, -0.25) is 9.71 Å². The van der Waals surface area contributed by atoms with E-state index >= 15 is 0 Å². The van der Waals surface area contributed by atoms with Gasteiger partial charge in [0.1, 0.15) is 22.2 Å². The highest BCUT2D eigenvalue weighted by Crippen LogP contribution is 2.29.